The molecule has 6 heteroatoms. The van der Waals surface area contributed by atoms with E-state index in [1.54, 1.807) is 0 Å². The van der Waals surface area contributed by atoms with Crippen LogP contribution in [0.1, 0.15) is 0 Å². The number of aromatic nitrogens is 2. The highest BCUT2D eigenvalue weighted by Gasteiger charge is 2.09. The molecular formula is C9H6Cl2N2O2. The van der Waals surface area contributed by atoms with E-state index in [-0.39, 0.29) is 10.4 Å². The van der Waals surface area contributed by atoms with Gasteiger partial charge in [0.25, 0.3) is 5.56 Å². The Hall–Kier alpha value is -1.26. The first-order valence-electron chi connectivity index (χ1n) is 4.09. The zero-order valence-electron chi connectivity index (χ0n) is 7.67. The number of fused-ring (bicyclic) bond motifs is 1. The van der Waals surface area contributed by atoms with Crippen molar-refractivity contribution in [1.82, 2.24) is 9.55 Å². The van der Waals surface area contributed by atoms with E-state index in [0.29, 0.717) is 10.5 Å². The molecule has 15 heavy (non-hydrogen) atoms. The van der Waals surface area contributed by atoms with Gasteiger partial charge in [0.1, 0.15) is 0 Å². The SMILES string of the molecule is Cn1c(=O)[nH]c2cc(Cl)cc(Cl)c2c1=O. The second kappa shape index (κ2) is 3.40. The number of H-pyrrole nitrogens is 1. The van der Waals surface area contributed by atoms with Gasteiger partial charge in [-0.25, -0.2) is 4.79 Å². The largest absolute Gasteiger partial charge is 0.328 e. The summed E-state index contributed by atoms with van der Waals surface area (Å²) in [6.45, 7) is 0. The lowest BCUT2D eigenvalue weighted by Gasteiger charge is -2.02. The number of halogens is 2. The molecule has 2 rings (SSSR count). The average molecular weight is 245 g/mol. The van der Waals surface area contributed by atoms with Gasteiger partial charge in [-0.3, -0.25) is 9.36 Å². The first-order valence-corrected chi connectivity index (χ1v) is 4.84. The van der Waals surface area contributed by atoms with Gasteiger partial charge < -0.3 is 4.98 Å². The lowest BCUT2D eigenvalue weighted by Crippen LogP contribution is -2.32. The summed E-state index contributed by atoms with van der Waals surface area (Å²) in [4.78, 5) is 25.5. The maximum Gasteiger partial charge on any atom is 0.328 e. The topological polar surface area (TPSA) is 54.9 Å². The molecule has 0 spiro atoms. The third-order valence-electron chi connectivity index (χ3n) is 2.12. The lowest BCUT2D eigenvalue weighted by atomic mass is 10.2. The van der Waals surface area contributed by atoms with Crippen LogP contribution < -0.4 is 11.2 Å². The monoisotopic (exact) mass is 244 g/mol. The first-order chi connectivity index (χ1) is 7.00. The Bertz CT molecular complexity index is 657. The van der Waals surface area contributed by atoms with Gasteiger partial charge in [-0.15, -0.1) is 0 Å². The zero-order chi connectivity index (χ0) is 11.2. The number of nitrogens with one attached hydrogen (secondary N) is 1. The normalized spacial score (nSPS) is 10.9. The molecule has 2 aromatic rings. The van der Waals surface area contributed by atoms with Crippen LogP contribution in [-0.2, 0) is 7.05 Å². The fraction of sp³-hybridized carbons (Fsp3) is 0.111. The zero-order valence-corrected chi connectivity index (χ0v) is 9.19. The van der Waals surface area contributed by atoms with Gasteiger partial charge in [0.15, 0.2) is 0 Å². The molecule has 0 atom stereocenters. The minimum absolute atomic E-state index is 0.231. The minimum Gasteiger partial charge on any atom is -0.307 e. The first kappa shape index (κ1) is 10.3. The Kier molecular flexibility index (Phi) is 2.32. The standard InChI is InChI=1S/C9H6Cl2N2O2/c1-13-8(14)7-5(11)2-4(10)3-6(7)12-9(13)15/h2-3H,1H3,(H,12,15). The molecule has 4 nitrogen and oxygen atoms in total. The molecular weight excluding hydrogens is 239 g/mol. The van der Waals surface area contributed by atoms with Crippen molar-refractivity contribution in [2.75, 3.05) is 0 Å². The van der Waals surface area contributed by atoms with E-state index in [9.17, 15) is 9.59 Å². The van der Waals surface area contributed by atoms with E-state index >= 15 is 0 Å². The predicted octanol–water partition coefficient (Wildman–Crippen LogP) is 1.53. The second-order valence-corrected chi connectivity index (χ2v) is 3.95. The van der Waals surface area contributed by atoms with E-state index in [4.69, 9.17) is 23.2 Å². The Morgan fingerprint density at radius 2 is 1.93 bits per heavy atom. The lowest BCUT2D eigenvalue weighted by molar-refractivity contribution is 0.794. The Morgan fingerprint density at radius 1 is 1.27 bits per heavy atom. The molecule has 0 aliphatic rings. The van der Waals surface area contributed by atoms with Crippen LogP contribution in [0, 0.1) is 0 Å². The molecule has 0 unspecified atom stereocenters. The molecule has 78 valence electrons. The maximum absolute atomic E-state index is 11.7. The van der Waals surface area contributed by atoms with Crippen molar-refractivity contribution in [2.45, 2.75) is 0 Å². The Morgan fingerprint density at radius 3 is 2.60 bits per heavy atom. The molecule has 0 bridgehead atoms. The molecule has 0 saturated heterocycles. The fourth-order valence-electron chi connectivity index (χ4n) is 1.35. The van der Waals surface area contributed by atoms with Crippen LogP contribution in [0.25, 0.3) is 10.9 Å². The molecule has 1 N–H and O–H groups in total. The molecule has 0 fully saturated rings. The van der Waals surface area contributed by atoms with Crippen molar-refractivity contribution < 1.29 is 0 Å². The van der Waals surface area contributed by atoms with Crippen molar-refractivity contribution in [1.29, 1.82) is 0 Å². The number of benzene rings is 1. The number of hydrogen-bond donors (Lipinski definition) is 1. The van der Waals surface area contributed by atoms with Crippen LogP contribution in [-0.4, -0.2) is 9.55 Å². The molecule has 0 saturated carbocycles. The van der Waals surface area contributed by atoms with E-state index in [2.05, 4.69) is 4.98 Å². The number of hydrogen-bond acceptors (Lipinski definition) is 2. The van der Waals surface area contributed by atoms with E-state index in [1.165, 1.54) is 19.2 Å². The number of aromatic amines is 1. The van der Waals surface area contributed by atoms with Crippen molar-refractivity contribution in [3.05, 3.63) is 43.0 Å². The highest BCUT2D eigenvalue weighted by molar-refractivity contribution is 6.38. The summed E-state index contributed by atoms with van der Waals surface area (Å²) in [6.07, 6.45) is 0. The smallest absolute Gasteiger partial charge is 0.307 e. The predicted molar refractivity (Wildman–Crippen MR) is 59.8 cm³/mol. The van der Waals surface area contributed by atoms with Gasteiger partial charge in [-0.1, -0.05) is 23.2 Å². The molecule has 1 aromatic heterocycles. The molecule has 0 aliphatic carbocycles. The van der Waals surface area contributed by atoms with Crippen molar-refractivity contribution in [3.8, 4) is 0 Å². The van der Waals surface area contributed by atoms with E-state index < -0.39 is 11.2 Å². The van der Waals surface area contributed by atoms with Crippen LogP contribution in [0.3, 0.4) is 0 Å². The molecule has 0 radical (unpaired) electrons. The van der Waals surface area contributed by atoms with Gasteiger partial charge in [0.2, 0.25) is 0 Å². The van der Waals surface area contributed by atoms with E-state index in [1.807, 2.05) is 0 Å². The fourth-order valence-corrected chi connectivity index (χ4v) is 1.92. The van der Waals surface area contributed by atoms with Crippen LogP contribution in [0.5, 0.6) is 0 Å². The van der Waals surface area contributed by atoms with Crippen molar-refractivity contribution in [2.24, 2.45) is 7.05 Å². The summed E-state index contributed by atoms with van der Waals surface area (Å²) in [6, 6.07) is 2.96. The highest BCUT2D eigenvalue weighted by atomic mass is 35.5. The number of nitrogens with zero attached hydrogens (tertiary/aromatic N) is 1. The Balaban J connectivity index is 3.13. The van der Waals surface area contributed by atoms with Crippen LogP contribution in [0.2, 0.25) is 10.0 Å². The maximum atomic E-state index is 11.7. The molecule has 1 heterocycles. The van der Waals surface area contributed by atoms with Gasteiger partial charge in [-0.2, -0.15) is 0 Å². The summed E-state index contributed by atoms with van der Waals surface area (Å²) >= 11 is 11.6. The van der Waals surface area contributed by atoms with Crippen molar-refractivity contribution in [3.63, 3.8) is 0 Å². The minimum atomic E-state index is -0.495. The van der Waals surface area contributed by atoms with E-state index in [0.717, 1.165) is 4.57 Å². The summed E-state index contributed by atoms with van der Waals surface area (Å²) in [7, 11) is 1.38. The average Bonchev–Trinajstić information content (AvgIpc) is 2.13. The molecule has 0 amide bonds. The quantitative estimate of drug-likeness (QED) is 0.765. The molecule has 0 aliphatic heterocycles. The van der Waals surface area contributed by atoms with Crippen LogP contribution >= 0.6 is 23.2 Å². The number of rotatable bonds is 0. The summed E-state index contributed by atoms with van der Waals surface area (Å²) in [5, 5.41) is 0.869. The van der Waals surface area contributed by atoms with Crippen molar-refractivity contribution >= 4 is 34.1 Å². The second-order valence-electron chi connectivity index (χ2n) is 3.10. The van der Waals surface area contributed by atoms with Gasteiger partial charge in [-0.05, 0) is 12.1 Å². The third kappa shape index (κ3) is 1.56. The van der Waals surface area contributed by atoms with Gasteiger partial charge in [0.05, 0.1) is 15.9 Å². The molecule has 1 aromatic carbocycles. The third-order valence-corrected chi connectivity index (χ3v) is 2.64. The summed E-state index contributed by atoms with van der Waals surface area (Å²) < 4.78 is 0.960. The summed E-state index contributed by atoms with van der Waals surface area (Å²) in [5.41, 5.74) is -0.582. The summed E-state index contributed by atoms with van der Waals surface area (Å²) in [5.74, 6) is 0. The van der Waals surface area contributed by atoms with Gasteiger partial charge in [0, 0.05) is 12.1 Å². The van der Waals surface area contributed by atoms with Crippen LogP contribution in [0.4, 0.5) is 0 Å². The van der Waals surface area contributed by atoms with Gasteiger partial charge >= 0.3 is 5.69 Å². The highest BCUT2D eigenvalue weighted by Crippen LogP contribution is 2.23. The Labute approximate surface area is 94.1 Å². The van der Waals surface area contributed by atoms with Crippen LogP contribution in [0.15, 0.2) is 21.7 Å².